The van der Waals surface area contributed by atoms with Gasteiger partial charge in [0.25, 0.3) is 5.91 Å². The third-order valence-corrected chi connectivity index (χ3v) is 5.57. The molecule has 1 aliphatic rings. The van der Waals surface area contributed by atoms with Crippen LogP contribution in [0.15, 0.2) is 54.7 Å². The third kappa shape index (κ3) is 3.78. The molecule has 0 bridgehead atoms. The van der Waals surface area contributed by atoms with E-state index in [0.29, 0.717) is 47.9 Å². The van der Waals surface area contributed by atoms with Gasteiger partial charge in [0.05, 0.1) is 5.69 Å². The summed E-state index contributed by atoms with van der Waals surface area (Å²) in [6.07, 6.45) is 1.63. The van der Waals surface area contributed by atoms with Crippen LogP contribution in [0.2, 0.25) is 0 Å². The normalized spacial score (nSPS) is 14.1. The molecular formula is C22H21FN4O2S. The maximum atomic E-state index is 14.5. The molecule has 0 saturated carbocycles. The second kappa shape index (κ2) is 8.23. The highest BCUT2D eigenvalue weighted by Crippen LogP contribution is 2.23. The summed E-state index contributed by atoms with van der Waals surface area (Å²) in [5.74, 6) is -0.723. The summed E-state index contributed by atoms with van der Waals surface area (Å²) >= 11 is 5.36. The fourth-order valence-electron chi connectivity index (χ4n) is 3.65. The van der Waals surface area contributed by atoms with E-state index in [1.165, 1.54) is 13.0 Å². The second-order valence-electron chi connectivity index (χ2n) is 7.15. The van der Waals surface area contributed by atoms with E-state index >= 15 is 0 Å². The second-order valence-corrected chi connectivity index (χ2v) is 7.54. The van der Waals surface area contributed by atoms with E-state index in [0.717, 1.165) is 5.69 Å². The monoisotopic (exact) mass is 424 g/mol. The lowest BCUT2D eigenvalue weighted by Gasteiger charge is -2.36. The first-order valence-corrected chi connectivity index (χ1v) is 10.1. The number of amides is 1. The Morgan fingerprint density at radius 3 is 2.37 bits per heavy atom. The van der Waals surface area contributed by atoms with Crippen molar-refractivity contribution in [1.29, 1.82) is 0 Å². The van der Waals surface area contributed by atoms with Gasteiger partial charge in [-0.25, -0.2) is 4.39 Å². The number of benzene rings is 2. The molecule has 3 aromatic rings. The minimum Gasteiger partial charge on any atom is -0.366 e. The van der Waals surface area contributed by atoms with Crippen LogP contribution >= 0.6 is 12.2 Å². The fourth-order valence-corrected chi connectivity index (χ4v) is 3.92. The highest BCUT2D eigenvalue weighted by molar-refractivity contribution is 7.71. The molecule has 1 saturated heterocycles. The third-order valence-electron chi connectivity index (χ3n) is 5.27. The Hall–Kier alpha value is -3.26. The molecular weight excluding hydrogens is 403 g/mol. The molecule has 0 atom stereocenters. The number of carbonyl (C=O) groups is 2. The topological polar surface area (TPSA) is 61.3 Å². The summed E-state index contributed by atoms with van der Waals surface area (Å²) in [4.78, 5) is 31.2. The summed E-state index contributed by atoms with van der Waals surface area (Å²) < 4.78 is 16.6. The number of halogens is 1. The Morgan fingerprint density at radius 1 is 1.03 bits per heavy atom. The molecule has 0 unspecified atom stereocenters. The van der Waals surface area contributed by atoms with Crippen molar-refractivity contribution < 1.29 is 14.0 Å². The van der Waals surface area contributed by atoms with Gasteiger partial charge in [-0.05, 0) is 49.5 Å². The number of ketones is 1. The van der Waals surface area contributed by atoms with Gasteiger partial charge in [-0.3, -0.25) is 14.2 Å². The number of aromatic amines is 1. The molecule has 0 aliphatic carbocycles. The Bertz CT molecular complexity index is 1150. The number of anilines is 1. The van der Waals surface area contributed by atoms with Gasteiger partial charge in [0.2, 0.25) is 0 Å². The number of para-hydroxylation sites is 1. The van der Waals surface area contributed by atoms with Gasteiger partial charge in [-0.15, -0.1) is 0 Å². The smallest absolute Gasteiger partial charge is 0.272 e. The summed E-state index contributed by atoms with van der Waals surface area (Å²) in [5.41, 5.74) is 2.08. The van der Waals surface area contributed by atoms with E-state index in [1.54, 1.807) is 27.8 Å². The first kappa shape index (κ1) is 20.0. The van der Waals surface area contributed by atoms with Crippen LogP contribution in [-0.2, 0) is 0 Å². The zero-order valence-electron chi connectivity index (χ0n) is 16.5. The molecule has 154 valence electrons. The lowest BCUT2D eigenvalue weighted by molar-refractivity contribution is 0.0738. The maximum Gasteiger partial charge on any atom is 0.272 e. The summed E-state index contributed by atoms with van der Waals surface area (Å²) in [6, 6.07) is 14.0. The predicted molar refractivity (Wildman–Crippen MR) is 115 cm³/mol. The summed E-state index contributed by atoms with van der Waals surface area (Å²) in [7, 11) is 0. The number of hydrogen-bond acceptors (Lipinski definition) is 4. The number of nitrogens with one attached hydrogen (secondary N) is 1. The molecule has 1 fully saturated rings. The quantitative estimate of drug-likeness (QED) is 0.511. The summed E-state index contributed by atoms with van der Waals surface area (Å²) in [5, 5.41) is 0. The number of aromatic nitrogens is 2. The van der Waals surface area contributed by atoms with E-state index in [1.807, 2.05) is 35.2 Å². The number of hydrogen-bond donors (Lipinski definition) is 1. The van der Waals surface area contributed by atoms with Crippen molar-refractivity contribution in [3.8, 4) is 5.69 Å². The van der Waals surface area contributed by atoms with Gasteiger partial charge in [0.1, 0.15) is 11.5 Å². The van der Waals surface area contributed by atoms with Crippen LogP contribution in [0.5, 0.6) is 0 Å². The number of piperazine rings is 1. The van der Waals surface area contributed by atoms with Gasteiger partial charge in [0.15, 0.2) is 10.6 Å². The molecule has 8 heteroatoms. The minimum absolute atomic E-state index is 0.127. The fraction of sp³-hybridized carbons (Fsp3) is 0.227. The standard InChI is InChI=1S/C22H21FN4O2S/c1-15(28)16-7-8-19(18(23)13-16)25-9-11-26(12-10-25)21(29)20-14-24-22(30)27(20)17-5-3-2-4-6-17/h2-8,13-14H,9-12H2,1H3,(H,24,30). The molecule has 1 aromatic heterocycles. The van der Waals surface area contributed by atoms with E-state index in [4.69, 9.17) is 12.2 Å². The predicted octanol–water partition coefficient (Wildman–Crippen LogP) is 3.84. The van der Waals surface area contributed by atoms with Crippen molar-refractivity contribution in [2.75, 3.05) is 31.1 Å². The van der Waals surface area contributed by atoms with E-state index < -0.39 is 5.82 Å². The SMILES string of the molecule is CC(=O)c1ccc(N2CCN(C(=O)c3c[nH]c(=S)n3-c3ccccc3)CC2)c(F)c1. The van der Waals surface area contributed by atoms with E-state index in [2.05, 4.69) is 4.98 Å². The van der Waals surface area contributed by atoms with E-state index in [-0.39, 0.29) is 11.7 Å². The molecule has 1 aliphatic heterocycles. The molecule has 30 heavy (non-hydrogen) atoms. The maximum absolute atomic E-state index is 14.5. The molecule has 4 rings (SSSR count). The molecule has 1 amide bonds. The highest BCUT2D eigenvalue weighted by Gasteiger charge is 2.26. The number of nitrogens with zero attached hydrogens (tertiary/aromatic N) is 3. The van der Waals surface area contributed by atoms with Crippen LogP contribution in [0, 0.1) is 10.6 Å². The Balaban J connectivity index is 1.50. The number of carbonyl (C=O) groups excluding carboxylic acids is 2. The average molecular weight is 425 g/mol. The molecule has 1 N–H and O–H groups in total. The van der Waals surface area contributed by atoms with Gasteiger partial charge in [-0.1, -0.05) is 18.2 Å². The van der Waals surface area contributed by atoms with E-state index in [9.17, 15) is 14.0 Å². The zero-order valence-corrected chi connectivity index (χ0v) is 17.3. The minimum atomic E-state index is -0.425. The van der Waals surface area contributed by atoms with Crippen LogP contribution in [0.4, 0.5) is 10.1 Å². The van der Waals surface area contributed by atoms with Gasteiger partial charge in [-0.2, -0.15) is 0 Å². The van der Waals surface area contributed by atoms with Crippen molar-refractivity contribution in [2.24, 2.45) is 0 Å². The van der Waals surface area contributed by atoms with Crippen LogP contribution in [0.25, 0.3) is 5.69 Å². The van der Waals surface area contributed by atoms with Crippen molar-refractivity contribution in [3.63, 3.8) is 0 Å². The Kier molecular flexibility index (Phi) is 5.50. The highest BCUT2D eigenvalue weighted by atomic mass is 32.1. The average Bonchev–Trinajstić information content (AvgIpc) is 3.15. The Morgan fingerprint density at radius 2 is 1.73 bits per heavy atom. The lowest BCUT2D eigenvalue weighted by atomic mass is 10.1. The molecule has 0 radical (unpaired) electrons. The first-order valence-electron chi connectivity index (χ1n) is 9.66. The lowest BCUT2D eigenvalue weighted by Crippen LogP contribution is -2.49. The van der Waals surface area contributed by atoms with Crippen molar-refractivity contribution in [2.45, 2.75) is 6.92 Å². The van der Waals surface area contributed by atoms with Crippen molar-refractivity contribution in [3.05, 3.63) is 76.6 Å². The van der Waals surface area contributed by atoms with Gasteiger partial charge >= 0.3 is 0 Å². The number of imidazole rings is 1. The molecule has 0 spiro atoms. The zero-order chi connectivity index (χ0) is 21.3. The van der Waals surface area contributed by atoms with Crippen LogP contribution < -0.4 is 4.90 Å². The number of H-pyrrole nitrogens is 1. The van der Waals surface area contributed by atoms with Gasteiger partial charge in [0, 0.05) is 43.6 Å². The van der Waals surface area contributed by atoms with Crippen LogP contribution in [0.1, 0.15) is 27.8 Å². The van der Waals surface area contributed by atoms with Crippen LogP contribution in [0.3, 0.4) is 0 Å². The number of rotatable bonds is 4. The van der Waals surface area contributed by atoms with Crippen molar-refractivity contribution >= 4 is 29.6 Å². The first-order chi connectivity index (χ1) is 14.5. The van der Waals surface area contributed by atoms with Crippen LogP contribution in [-0.4, -0.2) is 52.3 Å². The number of Topliss-reactive ketones (excluding diaryl/α,β-unsaturated/α-hetero) is 1. The van der Waals surface area contributed by atoms with Gasteiger partial charge < -0.3 is 14.8 Å². The van der Waals surface area contributed by atoms with Crippen molar-refractivity contribution in [1.82, 2.24) is 14.5 Å². The summed E-state index contributed by atoms with van der Waals surface area (Å²) in [6.45, 7) is 3.33. The Labute approximate surface area is 178 Å². The molecule has 2 aromatic carbocycles. The molecule has 6 nitrogen and oxygen atoms in total. The largest absolute Gasteiger partial charge is 0.366 e. The molecule has 2 heterocycles.